The van der Waals surface area contributed by atoms with Crippen LogP contribution in [0.2, 0.25) is 0 Å². The van der Waals surface area contributed by atoms with Crippen molar-refractivity contribution in [1.29, 1.82) is 0 Å². The van der Waals surface area contributed by atoms with E-state index in [4.69, 9.17) is 0 Å². The van der Waals surface area contributed by atoms with Gasteiger partial charge in [0.25, 0.3) is 0 Å². The normalized spacial score (nSPS) is 14.2. The van der Waals surface area contributed by atoms with E-state index in [0.29, 0.717) is 0 Å². The van der Waals surface area contributed by atoms with Gasteiger partial charge < -0.3 is 10.4 Å². The average Bonchev–Trinajstić information content (AvgIpc) is 2.96. The summed E-state index contributed by atoms with van der Waals surface area (Å²) in [5.74, 6) is 0. The summed E-state index contributed by atoms with van der Waals surface area (Å²) in [6.07, 6.45) is 2.02. The molecule has 0 aliphatic carbocycles. The van der Waals surface area contributed by atoms with Crippen LogP contribution in [0.5, 0.6) is 0 Å². The van der Waals surface area contributed by atoms with Crippen LogP contribution in [0.25, 0.3) is 10.6 Å². The second-order valence-corrected chi connectivity index (χ2v) is 6.57. The maximum absolute atomic E-state index is 9.27. The first kappa shape index (κ1) is 15.5. The lowest BCUT2D eigenvalue weighted by molar-refractivity contribution is 0.275. The minimum absolute atomic E-state index is 0.196. The largest absolute Gasteiger partial charge is 0.395 e. The summed E-state index contributed by atoms with van der Waals surface area (Å²) in [6, 6.07) is 10.5. The van der Waals surface area contributed by atoms with Crippen LogP contribution in [0.4, 0.5) is 0 Å². The Labute approximate surface area is 128 Å². The molecule has 1 aromatic carbocycles. The zero-order valence-corrected chi connectivity index (χ0v) is 13.4. The second-order valence-electron chi connectivity index (χ2n) is 4.64. The van der Waals surface area contributed by atoms with Crippen molar-refractivity contribution in [2.45, 2.75) is 24.8 Å². The Morgan fingerprint density at radius 1 is 1.35 bits per heavy atom. The Kier molecular flexibility index (Phi) is 6.04. The molecule has 0 saturated heterocycles. The van der Waals surface area contributed by atoms with E-state index in [1.54, 1.807) is 23.1 Å². The molecule has 1 heterocycles. The molecule has 2 unspecified atom stereocenters. The van der Waals surface area contributed by atoms with Crippen molar-refractivity contribution in [1.82, 2.24) is 10.3 Å². The van der Waals surface area contributed by atoms with E-state index in [0.717, 1.165) is 22.8 Å². The minimum Gasteiger partial charge on any atom is -0.395 e. The molecule has 108 valence electrons. The van der Waals surface area contributed by atoms with E-state index < -0.39 is 0 Å². The van der Waals surface area contributed by atoms with Crippen LogP contribution in [-0.2, 0) is 6.54 Å². The maximum Gasteiger partial charge on any atom is 0.123 e. The van der Waals surface area contributed by atoms with Crippen LogP contribution in [0, 0.1) is 0 Å². The molecule has 0 spiro atoms. The molecule has 2 N–H and O–H groups in total. The van der Waals surface area contributed by atoms with Crippen molar-refractivity contribution in [3.05, 3.63) is 41.4 Å². The van der Waals surface area contributed by atoms with Gasteiger partial charge in [0.2, 0.25) is 0 Å². The lowest BCUT2D eigenvalue weighted by atomic mass is 10.2. The van der Waals surface area contributed by atoms with E-state index in [1.807, 2.05) is 24.5 Å². The number of aliphatic hydroxyl groups is 1. The molecule has 2 atom stereocenters. The quantitative estimate of drug-likeness (QED) is 0.825. The van der Waals surface area contributed by atoms with Gasteiger partial charge in [0.15, 0.2) is 0 Å². The zero-order valence-electron chi connectivity index (χ0n) is 11.7. The number of rotatable bonds is 7. The van der Waals surface area contributed by atoms with E-state index in [1.165, 1.54) is 0 Å². The first-order valence-corrected chi connectivity index (χ1v) is 8.78. The molecule has 2 rings (SSSR count). The van der Waals surface area contributed by atoms with Crippen molar-refractivity contribution < 1.29 is 5.11 Å². The number of nitrogens with zero attached hydrogens (tertiary/aromatic N) is 1. The Balaban J connectivity index is 1.94. The van der Waals surface area contributed by atoms with Crippen molar-refractivity contribution in [3.63, 3.8) is 0 Å². The Morgan fingerprint density at radius 3 is 2.75 bits per heavy atom. The smallest absolute Gasteiger partial charge is 0.123 e. The van der Waals surface area contributed by atoms with Gasteiger partial charge in [-0.2, -0.15) is 11.8 Å². The summed E-state index contributed by atoms with van der Waals surface area (Å²) < 4.78 is 0. The summed E-state index contributed by atoms with van der Waals surface area (Å²) >= 11 is 3.35. The van der Waals surface area contributed by atoms with Crippen molar-refractivity contribution in [3.8, 4) is 10.6 Å². The number of thiazole rings is 1. The summed E-state index contributed by atoms with van der Waals surface area (Å²) in [4.78, 5) is 4.65. The van der Waals surface area contributed by atoms with Crippen molar-refractivity contribution >= 4 is 23.1 Å². The number of hydrogen-bond donors (Lipinski definition) is 2. The van der Waals surface area contributed by atoms with Gasteiger partial charge >= 0.3 is 0 Å². The van der Waals surface area contributed by atoms with E-state index in [-0.39, 0.29) is 17.9 Å². The fraction of sp³-hybridized carbons (Fsp3) is 0.400. The summed E-state index contributed by atoms with van der Waals surface area (Å²) in [5.41, 5.74) is 2.22. The molecular weight excluding hydrogens is 288 g/mol. The maximum atomic E-state index is 9.27. The van der Waals surface area contributed by atoms with E-state index >= 15 is 0 Å². The number of nitrogens with one attached hydrogen (secondary N) is 1. The SMILES string of the molecule is CSC(CO)C(C)NCc1csc(-c2ccccc2)n1. The first-order valence-electron chi connectivity index (χ1n) is 6.61. The summed E-state index contributed by atoms with van der Waals surface area (Å²) in [7, 11) is 0. The fourth-order valence-corrected chi connectivity index (χ4v) is 3.41. The highest BCUT2D eigenvalue weighted by atomic mass is 32.2. The van der Waals surface area contributed by atoms with Crippen LogP contribution in [0.3, 0.4) is 0 Å². The van der Waals surface area contributed by atoms with Gasteiger partial charge in [-0.15, -0.1) is 11.3 Å². The molecular formula is C15H20N2OS2. The van der Waals surface area contributed by atoms with Crippen LogP contribution in [0.1, 0.15) is 12.6 Å². The van der Waals surface area contributed by atoms with Gasteiger partial charge in [0.05, 0.1) is 12.3 Å². The Morgan fingerprint density at radius 2 is 2.10 bits per heavy atom. The summed E-state index contributed by atoms with van der Waals surface area (Å²) in [6.45, 7) is 3.03. The number of thioether (sulfide) groups is 1. The molecule has 0 fully saturated rings. The molecule has 2 aromatic rings. The van der Waals surface area contributed by atoms with E-state index in [2.05, 4.69) is 34.7 Å². The highest BCUT2D eigenvalue weighted by molar-refractivity contribution is 7.99. The Hall–Kier alpha value is -0.880. The fourth-order valence-electron chi connectivity index (χ4n) is 1.94. The topological polar surface area (TPSA) is 45.1 Å². The molecule has 0 aliphatic rings. The molecule has 0 amide bonds. The van der Waals surface area contributed by atoms with Crippen LogP contribution in [-0.4, -0.2) is 34.2 Å². The number of benzene rings is 1. The molecule has 1 aromatic heterocycles. The molecule has 0 radical (unpaired) electrons. The second kappa shape index (κ2) is 7.78. The molecule has 5 heteroatoms. The third-order valence-corrected chi connectivity index (χ3v) is 5.32. The van der Waals surface area contributed by atoms with E-state index in [9.17, 15) is 5.11 Å². The van der Waals surface area contributed by atoms with Crippen LogP contribution >= 0.6 is 23.1 Å². The van der Waals surface area contributed by atoms with Crippen molar-refractivity contribution in [2.24, 2.45) is 0 Å². The molecule has 0 saturated carbocycles. The van der Waals surface area contributed by atoms with Gasteiger partial charge in [0, 0.05) is 28.8 Å². The Bertz CT molecular complexity index is 512. The highest BCUT2D eigenvalue weighted by Crippen LogP contribution is 2.23. The van der Waals surface area contributed by atoms with Gasteiger partial charge in [-0.05, 0) is 13.2 Å². The van der Waals surface area contributed by atoms with Gasteiger partial charge in [0.1, 0.15) is 5.01 Å². The predicted molar refractivity (Wildman–Crippen MR) is 88.2 cm³/mol. The minimum atomic E-state index is 0.196. The van der Waals surface area contributed by atoms with Crippen molar-refractivity contribution in [2.75, 3.05) is 12.9 Å². The lowest BCUT2D eigenvalue weighted by Gasteiger charge is -2.20. The lowest BCUT2D eigenvalue weighted by Crippen LogP contribution is -2.37. The van der Waals surface area contributed by atoms with Gasteiger partial charge in [-0.3, -0.25) is 0 Å². The van der Waals surface area contributed by atoms with Gasteiger partial charge in [-0.1, -0.05) is 30.3 Å². The molecule has 0 bridgehead atoms. The average molecular weight is 308 g/mol. The van der Waals surface area contributed by atoms with Crippen LogP contribution < -0.4 is 5.32 Å². The monoisotopic (exact) mass is 308 g/mol. The standard InChI is InChI=1S/C15H20N2OS2/c1-11(14(9-18)19-2)16-8-13-10-20-15(17-13)12-6-4-3-5-7-12/h3-7,10-11,14,16,18H,8-9H2,1-2H3. The molecule has 0 aliphatic heterocycles. The summed E-state index contributed by atoms with van der Waals surface area (Å²) in [5, 5.41) is 16.1. The molecule has 3 nitrogen and oxygen atoms in total. The number of aliphatic hydroxyl groups excluding tert-OH is 1. The zero-order chi connectivity index (χ0) is 14.4. The molecule has 20 heavy (non-hydrogen) atoms. The first-order chi connectivity index (χ1) is 9.74. The highest BCUT2D eigenvalue weighted by Gasteiger charge is 2.15. The third-order valence-electron chi connectivity index (χ3n) is 3.22. The third kappa shape index (κ3) is 4.06. The van der Waals surface area contributed by atoms with Gasteiger partial charge in [-0.25, -0.2) is 4.98 Å². The number of aromatic nitrogens is 1. The number of hydrogen-bond acceptors (Lipinski definition) is 5. The predicted octanol–water partition coefficient (Wildman–Crippen LogP) is 3.01. The van der Waals surface area contributed by atoms with Crippen LogP contribution in [0.15, 0.2) is 35.7 Å².